The third-order valence-electron chi connectivity index (χ3n) is 16.6. The van der Waals surface area contributed by atoms with Crippen LogP contribution in [-0.2, 0) is 62.3 Å². The highest BCUT2D eigenvalue weighted by Crippen LogP contribution is 2.15. The van der Waals surface area contributed by atoms with E-state index in [0.717, 1.165) is 32.1 Å². The van der Waals surface area contributed by atoms with Crippen LogP contribution in [0, 0.1) is 5.92 Å². The number of aliphatic carboxylic acids is 1. The predicted molar refractivity (Wildman–Crippen MR) is 381 cm³/mol. The van der Waals surface area contributed by atoms with E-state index in [1.54, 1.807) is 13.8 Å². The Bertz CT molecular complexity index is 2560. The molecule has 0 aromatic heterocycles. The molecule has 0 aromatic rings. The molecule has 0 fully saturated rings. The molecule has 580 valence electrons. The number of primary amides is 1. The molecule has 0 heterocycles. The number of carboxylic acids is 1. The summed E-state index contributed by atoms with van der Waals surface area (Å²) in [6, 6.07) is -15.6. The van der Waals surface area contributed by atoms with Gasteiger partial charge in [-0.1, -0.05) is 104 Å². The van der Waals surface area contributed by atoms with Crippen molar-refractivity contribution in [2.24, 2.45) is 45.3 Å². The number of hydrogen-bond acceptors (Lipinski definition) is 19. The molecule has 0 unspecified atom stereocenters. The molecule has 0 aliphatic rings. The first-order chi connectivity index (χ1) is 47.8. The van der Waals surface area contributed by atoms with Gasteiger partial charge in [0.1, 0.15) is 60.4 Å². The summed E-state index contributed by atoms with van der Waals surface area (Å²) in [5.74, 6) is -11.9. The molecule has 0 spiro atoms. The van der Waals surface area contributed by atoms with Crippen molar-refractivity contribution in [3.05, 3.63) is 0 Å². The van der Waals surface area contributed by atoms with Gasteiger partial charge in [0.2, 0.25) is 70.9 Å². The zero-order valence-corrected chi connectivity index (χ0v) is 60.9. The van der Waals surface area contributed by atoms with Crippen LogP contribution >= 0.6 is 0 Å². The van der Waals surface area contributed by atoms with Crippen LogP contribution in [0.1, 0.15) is 228 Å². The van der Waals surface area contributed by atoms with E-state index in [0.29, 0.717) is 45.1 Å². The summed E-state index contributed by atoms with van der Waals surface area (Å²) in [7, 11) is 0. The zero-order chi connectivity index (χ0) is 76.4. The number of aliphatic imine (C=N–C) groups is 1. The summed E-state index contributed by atoms with van der Waals surface area (Å²) in [5.41, 5.74) is 33.6. The molecule has 0 aliphatic heterocycles. The van der Waals surface area contributed by atoms with Crippen molar-refractivity contribution in [3.8, 4) is 0 Å². The smallest absolute Gasteiger partial charge is 0.328 e. The quantitative estimate of drug-likeness (QED) is 0.0179. The molecular formula is C67H126N18O16. The van der Waals surface area contributed by atoms with Crippen LogP contribution in [0.25, 0.3) is 0 Å². The van der Waals surface area contributed by atoms with Crippen LogP contribution in [-0.4, -0.2) is 203 Å². The lowest BCUT2D eigenvalue weighted by Gasteiger charge is -2.28. The van der Waals surface area contributed by atoms with Crippen LogP contribution in [0.3, 0.4) is 0 Å². The molecule has 0 saturated carbocycles. The van der Waals surface area contributed by atoms with Crippen molar-refractivity contribution in [3.63, 3.8) is 0 Å². The van der Waals surface area contributed by atoms with Gasteiger partial charge in [0.05, 0.1) is 18.8 Å². The maximum absolute atomic E-state index is 14.2. The van der Waals surface area contributed by atoms with E-state index in [-0.39, 0.29) is 95.2 Å². The molecule has 12 atom stereocenters. The molecule has 12 amide bonds. The van der Waals surface area contributed by atoms with Crippen LogP contribution in [0.5, 0.6) is 0 Å². The minimum absolute atomic E-state index is 0.00746. The van der Waals surface area contributed by atoms with Crippen molar-refractivity contribution in [1.82, 2.24) is 58.5 Å². The van der Waals surface area contributed by atoms with E-state index in [1.807, 2.05) is 0 Å². The number of carboxylic acid groups (broad SMARTS) is 1. The third-order valence-corrected chi connectivity index (χ3v) is 16.6. The lowest BCUT2D eigenvalue weighted by Crippen LogP contribution is -2.61. The standard InChI is InChI=1S/C67H126N18O16/c1-8-9-10-11-12-13-14-15-16-17-18-19-20-32-54(89)74-37-26-23-30-47(60(94)77-42(4)56(90)76-43(5)57(91)79-49(31-27-38-75-67(72)73)61(95)81-48(29-22-25-36-69)62(96)84-52(40-86)66(100)101)82-65(99)55(45(7)87)85-58(92)44(6)78-64(98)51(39-41(2)3)83-63(97)50(33-34-53(71)88)80-59(93)46(70)28-21-24-35-68/h41-52,55,86-87H,8-40,68-70H2,1-7H3,(H2,71,88)(H,74,89)(H,76,90)(H,77,94)(H,78,98)(H,79,91)(H,80,93)(H,81,95)(H,82,99)(H,83,97)(H,84,96)(H,85,92)(H,100,101)(H4,72,73,75)/t42-,43-,44-,45+,46-,47-,48-,49-,50-,51-,52-,55-/m0/s1. The highest BCUT2D eigenvalue weighted by molar-refractivity contribution is 5.99. The SMILES string of the molecule is CCCCCCCCCCCCCCCC(=O)NCCCC[C@H](NC(=O)[C@@H](NC(=O)[C@H](C)NC(=O)[C@H](CC(C)C)NC(=O)[C@H](CCC(N)=O)NC(=O)[C@@H](N)CCCCN)[C@@H](C)O)C(=O)N[C@@H](C)C(=O)N[C@@H](C)C(=O)N[C@@H](CCCN=C(N)N)C(=O)N[C@@H](CCCCN)C(=O)N[C@@H](CO)C(=O)O. The van der Waals surface area contributed by atoms with E-state index in [9.17, 15) is 77.6 Å². The Morgan fingerprint density at radius 3 is 1.26 bits per heavy atom. The van der Waals surface area contributed by atoms with Crippen LogP contribution in [0.2, 0.25) is 0 Å². The molecule has 34 heteroatoms. The maximum atomic E-state index is 14.2. The molecule has 101 heavy (non-hydrogen) atoms. The van der Waals surface area contributed by atoms with Crippen molar-refractivity contribution >= 4 is 82.8 Å². The summed E-state index contributed by atoms with van der Waals surface area (Å²) >= 11 is 0. The average molecular weight is 1440 g/mol. The predicted octanol–water partition coefficient (Wildman–Crippen LogP) is -1.93. The molecule has 0 aliphatic carbocycles. The molecule has 0 rings (SSSR count). The second kappa shape index (κ2) is 54.9. The Morgan fingerprint density at radius 1 is 0.406 bits per heavy atom. The van der Waals surface area contributed by atoms with Gasteiger partial charge in [-0.25, -0.2) is 4.79 Å². The Kier molecular flexibility index (Phi) is 50.6. The summed E-state index contributed by atoms with van der Waals surface area (Å²) < 4.78 is 0. The van der Waals surface area contributed by atoms with Crippen molar-refractivity contribution in [1.29, 1.82) is 0 Å². The van der Waals surface area contributed by atoms with E-state index < -0.39 is 150 Å². The first kappa shape index (κ1) is 93.2. The van der Waals surface area contributed by atoms with Crippen molar-refractivity contribution in [2.75, 3.05) is 32.8 Å². The van der Waals surface area contributed by atoms with Gasteiger partial charge in [-0.3, -0.25) is 62.5 Å². The minimum atomic E-state index is -1.77. The van der Waals surface area contributed by atoms with Gasteiger partial charge in [0.25, 0.3) is 0 Å². The molecule has 26 N–H and O–H groups in total. The number of hydrogen-bond donors (Lipinski definition) is 20. The Morgan fingerprint density at radius 2 is 0.792 bits per heavy atom. The largest absolute Gasteiger partial charge is 0.480 e. The summed E-state index contributed by atoms with van der Waals surface area (Å²) in [6.07, 6.45) is 15.8. The number of amides is 12. The van der Waals surface area contributed by atoms with Crippen molar-refractivity contribution in [2.45, 2.75) is 301 Å². The number of carbonyl (C=O) groups excluding carboxylic acids is 12. The number of aliphatic hydroxyl groups is 2. The van der Waals surface area contributed by atoms with Crippen LogP contribution in [0.15, 0.2) is 4.99 Å². The summed E-state index contributed by atoms with van der Waals surface area (Å²) in [6.45, 7) is 10.6. The molecule has 0 saturated heterocycles. The van der Waals surface area contributed by atoms with E-state index in [2.05, 4.69) is 70.4 Å². The molecule has 34 nitrogen and oxygen atoms in total. The second-order valence-electron chi connectivity index (χ2n) is 26.4. The number of aliphatic hydroxyl groups excluding tert-OH is 2. The number of nitrogens with one attached hydrogen (secondary N) is 11. The maximum Gasteiger partial charge on any atom is 0.328 e. The van der Waals surface area contributed by atoms with E-state index >= 15 is 0 Å². The van der Waals surface area contributed by atoms with Gasteiger partial charge in [-0.05, 0) is 130 Å². The number of guanidine groups is 1. The first-order valence-electron chi connectivity index (χ1n) is 36.2. The van der Waals surface area contributed by atoms with Crippen molar-refractivity contribution < 1.29 is 77.6 Å². The Hall–Kier alpha value is -7.82. The number of rotatable bonds is 59. The number of unbranched alkanes of at least 4 members (excludes halogenated alkanes) is 15. The fourth-order valence-corrected chi connectivity index (χ4v) is 10.5. The fourth-order valence-electron chi connectivity index (χ4n) is 10.5. The van der Waals surface area contributed by atoms with Gasteiger partial charge < -0.3 is 108 Å². The van der Waals surface area contributed by atoms with E-state index in [1.165, 1.54) is 79.1 Å². The highest BCUT2D eigenvalue weighted by Gasteiger charge is 2.36. The molecular weight excluding hydrogens is 1310 g/mol. The van der Waals surface area contributed by atoms with Gasteiger partial charge >= 0.3 is 5.97 Å². The van der Waals surface area contributed by atoms with E-state index in [4.69, 9.17) is 34.4 Å². The topological polar surface area (TPSA) is 583 Å². The first-order valence-corrected chi connectivity index (χ1v) is 36.2. The van der Waals surface area contributed by atoms with Crippen LogP contribution in [0.4, 0.5) is 0 Å². The zero-order valence-electron chi connectivity index (χ0n) is 60.9. The lowest BCUT2D eigenvalue weighted by atomic mass is 10.0. The fraction of sp³-hybridized carbons (Fsp3) is 0.791. The van der Waals surface area contributed by atoms with Gasteiger partial charge in [0, 0.05) is 25.9 Å². The van der Waals surface area contributed by atoms with Gasteiger partial charge in [-0.15, -0.1) is 0 Å². The third kappa shape index (κ3) is 43.6. The van der Waals surface area contributed by atoms with Gasteiger partial charge in [0.15, 0.2) is 5.96 Å². The molecule has 0 radical (unpaired) electrons. The van der Waals surface area contributed by atoms with Gasteiger partial charge in [-0.2, -0.15) is 0 Å². The highest BCUT2D eigenvalue weighted by atomic mass is 16.4. The number of carbonyl (C=O) groups is 13. The molecule has 0 aromatic carbocycles. The Labute approximate surface area is 595 Å². The average Bonchev–Trinajstić information content (AvgIpc) is 0.886. The summed E-state index contributed by atoms with van der Waals surface area (Å²) in [5, 5.41) is 57.6. The number of nitrogens with zero attached hydrogens (tertiary/aromatic N) is 1. The second-order valence-corrected chi connectivity index (χ2v) is 26.4. The number of nitrogens with two attached hydrogens (primary N) is 6. The minimum Gasteiger partial charge on any atom is -0.480 e. The monoisotopic (exact) mass is 1440 g/mol. The Balaban J connectivity index is 6.57. The normalized spacial score (nSPS) is 14.7. The molecule has 0 bridgehead atoms. The van der Waals surface area contributed by atoms with Crippen LogP contribution < -0.4 is 92.9 Å². The summed E-state index contributed by atoms with van der Waals surface area (Å²) in [4.78, 5) is 178. The lowest BCUT2D eigenvalue weighted by molar-refractivity contribution is -0.143.